The maximum Gasteiger partial charge on any atom is 0.409 e. The van der Waals surface area contributed by atoms with Gasteiger partial charge in [-0.15, -0.1) is 0 Å². The lowest BCUT2D eigenvalue weighted by Crippen LogP contribution is -2.42. The minimum absolute atomic E-state index is 0.173. The lowest BCUT2D eigenvalue weighted by atomic mass is 10.1. The second-order valence-corrected chi connectivity index (χ2v) is 7.17. The first-order valence-corrected chi connectivity index (χ1v) is 7.58. The molecule has 6 nitrogen and oxygen atoms in total. The van der Waals surface area contributed by atoms with Crippen LogP contribution in [0, 0.1) is 5.92 Å². The Morgan fingerprint density at radius 1 is 1.28 bits per heavy atom. The van der Waals surface area contributed by atoms with Crippen molar-refractivity contribution < 1.29 is 22.1 Å². The van der Waals surface area contributed by atoms with Gasteiger partial charge in [-0.05, 0) is 33.1 Å². The van der Waals surface area contributed by atoms with Crippen molar-refractivity contribution in [1.82, 2.24) is 5.32 Å². The number of carbonyl (C=O) groups excluding carboxylic acids is 1. The van der Waals surface area contributed by atoms with E-state index in [0.29, 0.717) is 6.42 Å². The van der Waals surface area contributed by atoms with Crippen LogP contribution in [0.1, 0.15) is 41.0 Å². The van der Waals surface area contributed by atoms with Crippen LogP contribution in [0.3, 0.4) is 0 Å². The summed E-state index contributed by atoms with van der Waals surface area (Å²) in [6.07, 6.45) is -0.282. The Hall–Kier alpha value is -0.820. The third-order valence-electron chi connectivity index (χ3n) is 1.65. The highest BCUT2D eigenvalue weighted by molar-refractivity contribution is 7.86. The van der Waals surface area contributed by atoms with Gasteiger partial charge in [-0.2, -0.15) is 8.42 Å². The normalized spacial score (nSPS) is 14.4. The van der Waals surface area contributed by atoms with E-state index < -0.39 is 28.0 Å². The third-order valence-corrected chi connectivity index (χ3v) is 2.24. The second kappa shape index (κ2) is 6.38. The van der Waals surface area contributed by atoms with Crippen molar-refractivity contribution in [3.8, 4) is 0 Å². The molecule has 1 N–H and O–H groups in total. The first-order chi connectivity index (χ1) is 7.89. The molecule has 0 fully saturated rings. The average molecular weight is 281 g/mol. The molecule has 0 aromatic heterocycles. The van der Waals surface area contributed by atoms with Gasteiger partial charge in [0.1, 0.15) is 5.60 Å². The van der Waals surface area contributed by atoms with Gasteiger partial charge in [0.15, 0.2) is 6.23 Å². The lowest BCUT2D eigenvalue weighted by molar-refractivity contribution is 0.0380. The fourth-order valence-corrected chi connectivity index (χ4v) is 1.75. The van der Waals surface area contributed by atoms with E-state index in [2.05, 4.69) is 5.32 Å². The van der Waals surface area contributed by atoms with Crippen molar-refractivity contribution in [1.29, 1.82) is 0 Å². The van der Waals surface area contributed by atoms with Gasteiger partial charge in [-0.25, -0.2) is 8.98 Å². The zero-order chi connectivity index (χ0) is 14.6. The number of rotatable bonds is 5. The van der Waals surface area contributed by atoms with E-state index in [1.54, 1.807) is 20.8 Å². The summed E-state index contributed by atoms with van der Waals surface area (Å²) in [7, 11) is -3.63. The Balaban J connectivity index is 4.55. The minimum Gasteiger partial charge on any atom is -0.444 e. The van der Waals surface area contributed by atoms with Crippen molar-refractivity contribution in [2.45, 2.75) is 52.9 Å². The van der Waals surface area contributed by atoms with Crippen LogP contribution >= 0.6 is 0 Å². The number of alkyl carbamates (subject to hydrolysis) is 1. The Morgan fingerprint density at radius 3 is 2.11 bits per heavy atom. The number of amides is 1. The van der Waals surface area contributed by atoms with Gasteiger partial charge in [-0.1, -0.05) is 13.8 Å². The maximum atomic E-state index is 11.5. The largest absolute Gasteiger partial charge is 0.444 e. The molecular formula is C11H23NO5S. The van der Waals surface area contributed by atoms with E-state index >= 15 is 0 Å². The topological polar surface area (TPSA) is 81.7 Å². The number of hydrogen-bond donors (Lipinski definition) is 1. The van der Waals surface area contributed by atoms with Gasteiger partial charge < -0.3 is 4.74 Å². The molecule has 0 aliphatic carbocycles. The summed E-state index contributed by atoms with van der Waals surface area (Å²) in [5.41, 5.74) is -0.641. The van der Waals surface area contributed by atoms with E-state index in [0.717, 1.165) is 6.26 Å². The highest BCUT2D eigenvalue weighted by Gasteiger charge is 2.23. The molecule has 0 bridgehead atoms. The van der Waals surface area contributed by atoms with E-state index in [9.17, 15) is 13.2 Å². The summed E-state index contributed by atoms with van der Waals surface area (Å²) in [4.78, 5) is 11.5. The Labute approximate surface area is 109 Å². The monoisotopic (exact) mass is 281 g/mol. The molecule has 1 amide bonds. The SMILES string of the molecule is CC(C)C[C@H](NC(=O)OC(C)(C)C)OS(C)(=O)=O. The quantitative estimate of drug-likeness (QED) is 0.614. The molecule has 0 saturated carbocycles. The van der Waals surface area contributed by atoms with Gasteiger partial charge in [-0.3, -0.25) is 5.32 Å². The van der Waals surface area contributed by atoms with Gasteiger partial charge >= 0.3 is 6.09 Å². The van der Waals surface area contributed by atoms with E-state index in [-0.39, 0.29) is 5.92 Å². The molecule has 0 aromatic rings. The number of hydrogen-bond acceptors (Lipinski definition) is 5. The molecule has 0 rings (SSSR count). The fourth-order valence-electron chi connectivity index (χ4n) is 1.20. The highest BCUT2D eigenvalue weighted by atomic mass is 32.2. The molecule has 0 aliphatic rings. The Kier molecular flexibility index (Phi) is 6.09. The molecule has 1 atom stereocenters. The first-order valence-electron chi connectivity index (χ1n) is 5.77. The smallest absolute Gasteiger partial charge is 0.409 e. The number of ether oxygens (including phenoxy) is 1. The van der Waals surface area contributed by atoms with Crippen molar-refractivity contribution in [3.05, 3.63) is 0 Å². The predicted molar refractivity (Wildman–Crippen MR) is 68.5 cm³/mol. The molecule has 0 saturated heterocycles. The molecule has 0 aromatic carbocycles. The summed E-state index contributed by atoms with van der Waals surface area (Å²) in [6.45, 7) is 8.97. The highest BCUT2D eigenvalue weighted by Crippen LogP contribution is 2.11. The lowest BCUT2D eigenvalue weighted by Gasteiger charge is -2.23. The van der Waals surface area contributed by atoms with E-state index in [4.69, 9.17) is 8.92 Å². The molecule has 0 unspecified atom stereocenters. The zero-order valence-electron chi connectivity index (χ0n) is 11.8. The molecule has 0 heterocycles. The fraction of sp³-hybridized carbons (Fsp3) is 0.909. The molecule has 7 heteroatoms. The number of nitrogens with one attached hydrogen (secondary N) is 1. The number of carbonyl (C=O) groups is 1. The third kappa shape index (κ3) is 10.3. The summed E-state index contributed by atoms with van der Waals surface area (Å²) in [5.74, 6) is 0.173. The predicted octanol–water partition coefficient (Wildman–Crippen LogP) is 1.86. The Morgan fingerprint density at radius 2 is 1.78 bits per heavy atom. The maximum absolute atomic E-state index is 11.5. The zero-order valence-corrected chi connectivity index (χ0v) is 12.6. The van der Waals surface area contributed by atoms with E-state index in [1.165, 1.54) is 0 Å². The summed E-state index contributed by atoms with van der Waals surface area (Å²) < 4.78 is 32.0. The molecule has 0 aliphatic heterocycles. The van der Waals surface area contributed by atoms with Gasteiger partial charge in [0.05, 0.1) is 6.26 Å². The van der Waals surface area contributed by atoms with Crippen molar-refractivity contribution >= 4 is 16.2 Å². The molecule has 0 radical (unpaired) electrons. The molecular weight excluding hydrogens is 258 g/mol. The van der Waals surface area contributed by atoms with Crippen LogP contribution in [-0.2, 0) is 19.0 Å². The van der Waals surface area contributed by atoms with Crippen LogP contribution in [0.15, 0.2) is 0 Å². The summed E-state index contributed by atoms with van der Waals surface area (Å²) in [5, 5.41) is 2.40. The Bertz CT molecular complexity index is 369. The van der Waals surface area contributed by atoms with Crippen LogP contribution in [0.2, 0.25) is 0 Å². The van der Waals surface area contributed by atoms with Crippen LogP contribution in [0.4, 0.5) is 4.79 Å². The average Bonchev–Trinajstić information content (AvgIpc) is 1.92. The summed E-state index contributed by atoms with van der Waals surface area (Å²) >= 11 is 0. The van der Waals surface area contributed by atoms with Gasteiger partial charge in [0.2, 0.25) is 0 Å². The van der Waals surface area contributed by atoms with Crippen molar-refractivity contribution in [2.24, 2.45) is 5.92 Å². The standard InChI is InChI=1S/C11H23NO5S/c1-8(2)7-9(17-18(6,14)15)12-10(13)16-11(3,4)5/h8-9H,7H2,1-6H3,(H,12,13)/t9-/m1/s1. The molecule has 108 valence electrons. The van der Waals surface area contributed by atoms with Crippen LogP contribution < -0.4 is 5.32 Å². The van der Waals surface area contributed by atoms with Gasteiger partial charge in [0, 0.05) is 0 Å². The second-order valence-electron chi connectivity index (χ2n) is 5.56. The van der Waals surface area contributed by atoms with E-state index in [1.807, 2.05) is 13.8 Å². The summed E-state index contributed by atoms with van der Waals surface area (Å²) in [6, 6.07) is 0. The molecule has 0 spiro atoms. The van der Waals surface area contributed by atoms with Crippen LogP contribution in [0.5, 0.6) is 0 Å². The van der Waals surface area contributed by atoms with Crippen molar-refractivity contribution in [3.63, 3.8) is 0 Å². The van der Waals surface area contributed by atoms with Gasteiger partial charge in [0.25, 0.3) is 10.1 Å². The van der Waals surface area contributed by atoms with Crippen LogP contribution in [-0.4, -0.2) is 32.6 Å². The molecule has 18 heavy (non-hydrogen) atoms. The van der Waals surface area contributed by atoms with Crippen LogP contribution in [0.25, 0.3) is 0 Å². The minimum atomic E-state index is -3.63. The van der Waals surface area contributed by atoms with Crippen molar-refractivity contribution in [2.75, 3.05) is 6.26 Å². The first kappa shape index (κ1) is 17.2.